The molecule has 13 heavy (non-hydrogen) atoms. The largest absolute Gasteiger partial charge is 0.302 e. The number of nitrogens with zero attached hydrogens (tertiary/aromatic N) is 1. The molecule has 1 rings (SSSR count). The third-order valence-electron chi connectivity index (χ3n) is 2.64. The molecule has 0 aliphatic carbocycles. The number of carbonyl (C=O) groups is 1. The van der Waals surface area contributed by atoms with Gasteiger partial charge < -0.3 is 4.90 Å². The number of likely N-dealkylation sites (tertiary alicyclic amines) is 1. The van der Waals surface area contributed by atoms with E-state index in [9.17, 15) is 4.79 Å². The maximum Gasteiger partial charge on any atom is 0.137 e. The molecule has 1 unspecified atom stereocenters. The third kappa shape index (κ3) is 3.47. The molecule has 1 aliphatic heterocycles. The Morgan fingerprint density at radius 2 is 2.15 bits per heavy atom. The van der Waals surface area contributed by atoms with Gasteiger partial charge in [0.25, 0.3) is 0 Å². The highest BCUT2D eigenvalue weighted by atomic mass is 16.1. The fraction of sp³-hybridized carbons (Fsp3) is 0.818. The second-order valence-corrected chi connectivity index (χ2v) is 4.39. The van der Waals surface area contributed by atoms with Crippen molar-refractivity contribution in [3.8, 4) is 0 Å². The van der Waals surface area contributed by atoms with Gasteiger partial charge >= 0.3 is 0 Å². The molecular weight excluding hydrogens is 162 g/mol. The Balaban J connectivity index is 2.40. The summed E-state index contributed by atoms with van der Waals surface area (Å²) in [5, 5.41) is 0. The minimum absolute atomic E-state index is 0.280. The Kier molecular flexibility index (Phi) is 3.91. The molecule has 1 aliphatic rings. The molecule has 1 radical (unpaired) electrons. The molecule has 1 fully saturated rings. The highest BCUT2D eigenvalue weighted by Crippen LogP contribution is 2.14. The molecule has 0 aromatic carbocycles. The summed E-state index contributed by atoms with van der Waals surface area (Å²) in [6.07, 6.45) is 1.78. The topological polar surface area (TPSA) is 20.3 Å². The molecule has 2 nitrogen and oxygen atoms in total. The molecule has 0 bridgehead atoms. The van der Waals surface area contributed by atoms with Gasteiger partial charge in [-0.1, -0.05) is 20.8 Å². The molecule has 2 heteroatoms. The summed E-state index contributed by atoms with van der Waals surface area (Å²) in [6.45, 7) is 9.44. The van der Waals surface area contributed by atoms with Crippen molar-refractivity contribution in [1.82, 2.24) is 4.90 Å². The number of carbonyl (C=O) groups excluding carboxylic acids is 1. The fourth-order valence-electron chi connectivity index (χ4n) is 1.77. The van der Waals surface area contributed by atoms with E-state index in [1.807, 2.05) is 6.92 Å². The summed E-state index contributed by atoms with van der Waals surface area (Å²) < 4.78 is 0. The lowest BCUT2D eigenvalue weighted by atomic mass is 10.0. The van der Waals surface area contributed by atoms with Gasteiger partial charge in [0.2, 0.25) is 0 Å². The molecule has 0 aromatic heterocycles. The van der Waals surface area contributed by atoms with Crippen LogP contribution in [0.15, 0.2) is 0 Å². The lowest BCUT2D eigenvalue weighted by Gasteiger charge is -2.21. The van der Waals surface area contributed by atoms with E-state index in [2.05, 4.69) is 18.7 Å². The maximum absolute atomic E-state index is 11.4. The average molecular weight is 182 g/mol. The molecule has 1 saturated heterocycles. The molecular formula is C11H20NO. The van der Waals surface area contributed by atoms with Gasteiger partial charge in [-0.05, 0) is 18.9 Å². The average Bonchev–Trinajstić information content (AvgIpc) is 2.19. The van der Waals surface area contributed by atoms with Crippen LogP contribution in [0, 0.1) is 11.8 Å². The number of rotatable bonds is 2. The first-order chi connectivity index (χ1) is 6.09. The van der Waals surface area contributed by atoms with Crippen molar-refractivity contribution in [2.24, 2.45) is 5.92 Å². The van der Waals surface area contributed by atoms with E-state index in [-0.39, 0.29) is 5.92 Å². The number of Topliss-reactive ketones (excluding diaryl/α,β-unsaturated/α-hetero) is 1. The Bertz CT molecular complexity index is 177. The fourth-order valence-corrected chi connectivity index (χ4v) is 1.77. The monoisotopic (exact) mass is 182 g/mol. The van der Waals surface area contributed by atoms with Crippen LogP contribution in [0.4, 0.5) is 0 Å². The molecule has 1 heterocycles. The van der Waals surface area contributed by atoms with Gasteiger partial charge in [-0.15, -0.1) is 0 Å². The molecule has 0 N–H and O–H groups in total. The lowest BCUT2D eigenvalue weighted by molar-refractivity contribution is -0.122. The van der Waals surface area contributed by atoms with E-state index >= 15 is 0 Å². The van der Waals surface area contributed by atoms with Crippen LogP contribution in [0.1, 0.15) is 33.6 Å². The highest BCUT2D eigenvalue weighted by molar-refractivity contribution is 5.81. The van der Waals surface area contributed by atoms with Crippen molar-refractivity contribution in [2.75, 3.05) is 19.6 Å². The second kappa shape index (κ2) is 4.75. The van der Waals surface area contributed by atoms with Crippen molar-refractivity contribution in [3.05, 3.63) is 5.92 Å². The summed E-state index contributed by atoms with van der Waals surface area (Å²) in [4.78, 5) is 13.8. The van der Waals surface area contributed by atoms with Gasteiger partial charge in [0, 0.05) is 25.4 Å². The van der Waals surface area contributed by atoms with E-state index in [0.717, 1.165) is 32.5 Å². The van der Waals surface area contributed by atoms with Crippen molar-refractivity contribution in [2.45, 2.75) is 33.6 Å². The van der Waals surface area contributed by atoms with E-state index in [0.29, 0.717) is 5.78 Å². The predicted molar refractivity (Wildman–Crippen MR) is 54.4 cm³/mol. The van der Waals surface area contributed by atoms with Crippen molar-refractivity contribution in [3.63, 3.8) is 0 Å². The standard InChI is InChI=1S/C11H20NO/c1-9(2)8-12-6-4-10(3)11(13)5-7-12/h10H,4-8H2,1-3H3. The molecule has 75 valence electrons. The van der Waals surface area contributed by atoms with Crippen LogP contribution in [0.5, 0.6) is 0 Å². The summed E-state index contributed by atoms with van der Waals surface area (Å²) >= 11 is 0. The highest BCUT2D eigenvalue weighted by Gasteiger charge is 2.20. The van der Waals surface area contributed by atoms with Gasteiger partial charge in [-0.3, -0.25) is 4.79 Å². The van der Waals surface area contributed by atoms with Crippen LogP contribution in [0.2, 0.25) is 0 Å². The van der Waals surface area contributed by atoms with E-state index in [4.69, 9.17) is 0 Å². The molecule has 1 atom stereocenters. The molecule has 0 aromatic rings. The van der Waals surface area contributed by atoms with Gasteiger partial charge in [0.15, 0.2) is 0 Å². The van der Waals surface area contributed by atoms with Crippen LogP contribution in [0.25, 0.3) is 0 Å². The van der Waals surface area contributed by atoms with Gasteiger partial charge in [0.05, 0.1) is 0 Å². The number of ketones is 1. The Morgan fingerprint density at radius 1 is 1.46 bits per heavy atom. The van der Waals surface area contributed by atoms with Gasteiger partial charge in [0.1, 0.15) is 5.78 Å². The minimum atomic E-state index is 0.280. The van der Waals surface area contributed by atoms with Crippen LogP contribution < -0.4 is 0 Å². The molecule has 0 saturated carbocycles. The minimum Gasteiger partial charge on any atom is -0.302 e. The van der Waals surface area contributed by atoms with Crippen molar-refractivity contribution in [1.29, 1.82) is 0 Å². The van der Waals surface area contributed by atoms with Crippen LogP contribution in [-0.4, -0.2) is 30.3 Å². The quantitative estimate of drug-likeness (QED) is 0.650. The second-order valence-electron chi connectivity index (χ2n) is 4.39. The summed E-state index contributed by atoms with van der Waals surface area (Å²) in [6, 6.07) is 0. The Labute approximate surface area is 81.3 Å². The Hall–Kier alpha value is -0.370. The predicted octanol–water partition coefficient (Wildman–Crippen LogP) is 1.90. The van der Waals surface area contributed by atoms with Crippen LogP contribution in [0.3, 0.4) is 0 Å². The summed E-state index contributed by atoms with van der Waals surface area (Å²) in [5.74, 6) is 2.15. The number of hydrogen-bond acceptors (Lipinski definition) is 2. The third-order valence-corrected chi connectivity index (χ3v) is 2.64. The van der Waals surface area contributed by atoms with E-state index < -0.39 is 0 Å². The van der Waals surface area contributed by atoms with E-state index in [1.54, 1.807) is 0 Å². The molecule has 0 spiro atoms. The first kappa shape index (κ1) is 10.7. The SMILES string of the molecule is C[C](C)CN1CCC(=O)C(C)CC1. The maximum atomic E-state index is 11.4. The zero-order chi connectivity index (χ0) is 9.84. The van der Waals surface area contributed by atoms with Crippen LogP contribution in [-0.2, 0) is 4.79 Å². The van der Waals surface area contributed by atoms with Gasteiger partial charge in [-0.2, -0.15) is 0 Å². The normalized spacial score (nSPS) is 26.5. The zero-order valence-electron chi connectivity index (χ0n) is 8.97. The van der Waals surface area contributed by atoms with Crippen molar-refractivity contribution >= 4 is 5.78 Å². The number of hydrogen-bond donors (Lipinski definition) is 0. The smallest absolute Gasteiger partial charge is 0.137 e. The lowest BCUT2D eigenvalue weighted by Crippen LogP contribution is -2.28. The summed E-state index contributed by atoms with van der Waals surface area (Å²) in [5.41, 5.74) is 0. The van der Waals surface area contributed by atoms with Crippen molar-refractivity contribution < 1.29 is 4.79 Å². The van der Waals surface area contributed by atoms with Gasteiger partial charge in [-0.25, -0.2) is 0 Å². The first-order valence-corrected chi connectivity index (χ1v) is 5.13. The first-order valence-electron chi connectivity index (χ1n) is 5.13. The summed E-state index contributed by atoms with van der Waals surface area (Å²) in [7, 11) is 0. The zero-order valence-corrected chi connectivity index (χ0v) is 8.97. The Morgan fingerprint density at radius 3 is 2.77 bits per heavy atom. The molecule has 0 amide bonds. The van der Waals surface area contributed by atoms with Crippen LogP contribution >= 0.6 is 0 Å². The van der Waals surface area contributed by atoms with E-state index in [1.165, 1.54) is 5.92 Å².